The molecule has 1 amide bonds. The number of carbonyl (C=O) groups excluding carboxylic acids is 1. The van der Waals surface area contributed by atoms with Gasteiger partial charge in [-0.1, -0.05) is 0 Å². The predicted octanol–water partition coefficient (Wildman–Crippen LogP) is 1.26. The van der Waals surface area contributed by atoms with Gasteiger partial charge in [-0.05, 0) is 32.8 Å². The maximum Gasteiger partial charge on any atom is 0.279 e. The zero-order valence-corrected chi connectivity index (χ0v) is 9.56. The number of aryl methyl sites for hydroxylation is 2. The molecule has 0 bridgehead atoms. The Hall–Kier alpha value is -1.49. The van der Waals surface area contributed by atoms with Crippen LogP contribution in [0.2, 0.25) is 0 Å². The molecular formula is C11H15N3O2. The molecule has 0 N–H and O–H groups in total. The Labute approximate surface area is 94.4 Å². The van der Waals surface area contributed by atoms with Crippen molar-refractivity contribution in [2.75, 3.05) is 13.2 Å². The van der Waals surface area contributed by atoms with Crippen molar-refractivity contribution in [3.05, 3.63) is 23.0 Å². The fourth-order valence-corrected chi connectivity index (χ4v) is 1.66. The van der Waals surface area contributed by atoms with Gasteiger partial charge in [0, 0.05) is 6.54 Å². The lowest BCUT2D eigenvalue weighted by atomic mass is 10.1. The summed E-state index contributed by atoms with van der Waals surface area (Å²) in [6, 6.07) is 1.75. The first-order valence-electron chi connectivity index (χ1n) is 5.44. The molecule has 2 rings (SSSR count). The Morgan fingerprint density at radius 2 is 2.19 bits per heavy atom. The van der Waals surface area contributed by atoms with Gasteiger partial charge in [0.2, 0.25) is 0 Å². The third kappa shape index (κ3) is 2.19. The molecule has 0 radical (unpaired) electrons. The van der Waals surface area contributed by atoms with Gasteiger partial charge in [-0.2, -0.15) is 10.2 Å². The quantitative estimate of drug-likeness (QED) is 0.716. The normalized spacial score (nSPS) is 16.2. The molecular weight excluding hydrogens is 206 g/mol. The summed E-state index contributed by atoms with van der Waals surface area (Å²) < 4.78 is 0. The number of aromatic nitrogens is 2. The fourth-order valence-electron chi connectivity index (χ4n) is 1.66. The summed E-state index contributed by atoms with van der Waals surface area (Å²) in [5, 5.41) is 9.27. The third-order valence-corrected chi connectivity index (χ3v) is 2.56. The van der Waals surface area contributed by atoms with Crippen molar-refractivity contribution < 1.29 is 9.63 Å². The number of amides is 1. The molecule has 1 aliphatic heterocycles. The van der Waals surface area contributed by atoms with Crippen LogP contribution in [0, 0.1) is 13.8 Å². The molecule has 5 heteroatoms. The highest BCUT2D eigenvalue weighted by atomic mass is 16.7. The highest BCUT2D eigenvalue weighted by molar-refractivity contribution is 5.94. The van der Waals surface area contributed by atoms with Crippen LogP contribution in [0.15, 0.2) is 6.07 Å². The topological polar surface area (TPSA) is 55.3 Å². The van der Waals surface area contributed by atoms with E-state index in [9.17, 15) is 4.79 Å². The maximum atomic E-state index is 12.1. The van der Waals surface area contributed by atoms with E-state index in [-0.39, 0.29) is 5.91 Å². The average Bonchev–Trinajstić information content (AvgIpc) is 2.32. The molecule has 86 valence electrons. The molecule has 0 atom stereocenters. The molecule has 1 saturated heterocycles. The van der Waals surface area contributed by atoms with Gasteiger partial charge in [0.1, 0.15) is 0 Å². The molecule has 1 fully saturated rings. The number of nitrogens with zero attached hydrogens (tertiary/aromatic N) is 3. The molecule has 1 aliphatic rings. The average molecular weight is 221 g/mol. The maximum absolute atomic E-state index is 12.1. The van der Waals surface area contributed by atoms with Crippen molar-refractivity contribution in [1.82, 2.24) is 15.3 Å². The summed E-state index contributed by atoms with van der Waals surface area (Å²) in [6.07, 6.45) is 2.00. The molecule has 2 heterocycles. The molecule has 0 aliphatic carbocycles. The van der Waals surface area contributed by atoms with Gasteiger partial charge in [-0.15, -0.1) is 0 Å². The van der Waals surface area contributed by atoms with Crippen LogP contribution in [0.25, 0.3) is 0 Å². The van der Waals surface area contributed by atoms with Gasteiger partial charge in [-0.25, -0.2) is 5.06 Å². The second-order valence-corrected chi connectivity index (χ2v) is 3.93. The first kappa shape index (κ1) is 11.0. The molecule has 1 aromatic rings. The van der Waals surface area contributed by atoms with E-state index in [1.54, 1.807) is 13.0 Å². The van der Waals surface area contributed by atoms with E-state index in [4.69, 9.17) is 4.84 Å². The summed E-state index contributed by atoms with van der Waals surface area (Å²) in [5.74, 6) is -0.116. The summed E-state index contributed by atoms with van der Waals surface area (Å²) >= 11 is 0. The van der Waals surface area contributed by atoms with Crippen molar-refractivity contribution in [3.63, 3.8) is 0 Å². The Morgan fingerprint density at radius 1 is 1.38 bits per heavy atom. The van der Waals surface area contributed by atoms with Gasteiger partial charge in [0.25, 0.3) is 5.91 Å². The second-order valence-electron chi connectivity index (χ2n) is 3.93. The standard InChI is InChI=1S/C11H15N3O2/c1-8-7-10(9(2)13-12-8)11(15)14-5-3-4-6-16-14/h7H,3-6H2,1-2H3. The zero-order valence-electron chi connectivity index (χ0n) is 9.56. The van der Waals surface area contributed by atoms with Gasteiger partial charge < -0.3 is 0 Å². The van der Waals surface area contributed by atoms with Crippen LogP contribution < -0.4 is 0 Å². The monoisotopic (exact) mass is 221 g/mol. The predicted molar refractivity (Wildman–Crippen MR) is 57.7 cm³/mol. The van der Waals surface area contributed by atoms with Gasteiger partial charge in [0.05, 0.1) is 23.6 Å². The van der Waals surface area contributed by atoms with Crippen molar-refractivity contribution in [2.45, 2.75) is 26.7 Å². The van der Waals surface area contributed by atoms with Gasteiger partial charge >= 0.3 is 0 Å². The summed E-state index contributed by atoms with van der Waals surface area (Å²) in [4.78, 5) is 17.4. The van der Waals surface area contributed by atoms with E-state index in [1.807, 2.05) is 6.92 Å². The molecule has 0 spiro atoms. The number of carbonyl (C=O) groups is 1. The van der Waals surface area contributed by atoms with Crippen LogP contribution in [-0.4, -0.2) is 34.3 Å². The van der Waals surface area contributed by atoms with E-state index in [0.29, 0.717) is 24.4 Å². The lowest BCUT2D eigenvalue weighted by Gasteiger charge is -2.26. The van der Waals surface area contributed by atoms with E-state index in [2.05, 4.69) is 10.2 Å². The first-order valence-corrected chi connectivity index (χ1v) is 5.44. The Bertz CT molecular complexity index is 400. The zero-order chi connectivity index (χ0) is 11.5. The minimum absolute atomic E-state index is 0.116. The molecule has 5 nitrogen and oxygen atoms in total. The Balaban J connectivity index is 2.22. The van der Waals surface area contributed by atoms with Crippen LogP contribution in [0.3, 0.4) is 0 Å². The summed E-state index contributed by atoms with van der Waals surface area (Å²) in [5.41, 5.74) is 1.96. The lowest BCUT2D eigenvalue weighted by Crippen LogP contribution is -2.36. The SMILES string of the molecule is Cc1cc(C(=O)N2CCCCO2)c(C)nn1. The van der Waals surface area contributed by atoms with Crippen molar-refractivity contribution in [2.24, 2.45) is 0 Å². The first-order chi connectivity index (χ1) is 7.68. The lowest BCUT2D eigenvalue weighted by molar-refractivity contribution is -0.144. The number of hydroxylamine groups is 2. The van der Waals surface area contributed by atoms with Crippen LogP contribution >= 0.6 is 0 Å². The van der Waals surface area contributed by atoms with Crippen LogP contribution in [0.4, 0.5) is 0 Å². The summed E-state index contributed by atoms with van der Waals surface area (Å²) in [6.45, 7) is 4.87. The van der Waals surface area contributed by atoms with Gasteiger partial charge in [-0.3, -0.25) is 9.63 Å². The van der Waals surface area contributed by atoms with E-state index < -0.39 is 0 Å². The highest BCUT2D eigenvalue weighted by Crippen LogP contribution is 2.13. The second kappa shape index (κ2) is 4.57. The summed E-state index contributed by atoms with van der Waals surface area (Å²) in [7, 11) is 0. The van der Waals surface area contributed by atoms with E-state index in [0.717, 1.165) is 18.5 Å². The van der Waals surface area contributed by atoms with E-state index in [1.165, 1.54) is 5.06 Å². The minimum atomic E-state index is -0.116. The van der Waals surface area contributed by atoms with E-state index >= 15 is 0 Å². The van der Waals surface area contributed by atoms with Crippen molar-refractivity contribution in [3.8, 4) is 0 Å². The van der Waals surface area contributed by atoms with Crippen LogP contribution in [-0.2, 0) is 4.84 Å². The van der Waals surface area contributed by atoms with Crippen molar-refractivity contribution >= 4 is 5.91 Å². The molecule has 1 aromatic heterocycles. The van der Waals surface area contributed by atoms with Crippen molar-refractivity contribution in [1.29, 1.82) is 0 Å². The number of hydrogen-bond donors (Lipinski definition) is 0. The smallest absolute Gasteiger partial charge is 0.271 e. The Kier molecular flexibility index (Phi) is 3.14. The molecule has 0 aromatic carbocycles. The number of hydrogen-bond acceptors (Lipinski definition) is 4. The highest BCUT2D eigenvalue weighted by Gasteiger charge is 2.21. The van der Waals surface area contributed by atoms with Crippen LogP contribution in [0.1, 0.15) is 34.6 Å². The third-order valence-electron chi connectivity index (χ3n) is 2.56. The molecule has 16 heavy (non-hydrogen) atoms. The van der Waals surface area contributed by atoms with Gasteiger partial charge in [0.15, 0.2) is 0 Å². The molecule has 0 unspecified atom stereocenters. The largest absolute Gasteiger partial charge is 0.279 e. The fraction of sp³-hybridized carbons (Fsp3) is 0.545. The minimum Gasteiger partial charge on any atom is -0.271 e. The van der Waals surface area contributed by atoms with Crippen LogP contribution in [0.5, 0.6) is 0 Å². The Morgan fingerprint density at radius 3 is 2.88 bits per heavy atom. The number of rotatable bonds is 1. The molecule has 0 saturated carbocycles.